The fourth-order valence-electron chi connectivity index (χ4n) is 3.83. The summed E-state index contributed by atoms with van der Waals surface area (Å²) in [6.07, 6.45) is 1.09. The SMILES string of the molecule is COc1ccccc1CCC(=O)N1CCN(C(=O)c2cc3ccccc3[nH]2)CC1. The molecule has 2 heterocycles. The topological polar surface area (TPSA) is 65.6 Å². The van der Waals surface area contributed by atoms with Crippen molar-refractivity contribution in [3.8, 4) is 5.75 Å². The Morgan fingerprint density at radius 3 is 2.41 bits per heavy atom. The maximum absolute atomic E-state index is 12.8. The Labute approximate surface area is 170 Å². The molecule has 2 aromatic carbocycles. The average molecular weight is 391 g/mol. The molecule has 2 amide bonds. The smallest absolute Gasteiger partial charge is 0.270 e. The molecule has 1 aliphatic heterocycles. The zero-order valence-corrected chi connectivity index (χ0v) is 16.6. The van der Waals surface area contributed by atoms with Crippen LogP contribution in [0.5, 0.6) is 5.75 Å². The number of carbonyl (C=O) groups is 2. The number of hydrogen-bond acceptors (Lipinski definition) is 3. The number of benzene rings is 2. The largest absolute Gasteiger partial charge is 0.496 e. The first-order valence-corrected chi connectivity index (χ1v) is 9.92. The third-order valence-electron chi connectivity index (χ3n) is 5.48. The Balaban J connectivity index is 1.31. The van der Waals surface area contributed by atoms with E-state index in [2.05, 4.69) is 4.98 Å². The first-order valence-electron chi connectivity index (χ1n) is 9.92. The second-order valence-corrected chi connectivity index (χ2v) is 7.26. The molecule has 1 fully saturated rings. The fraction of sp³-hybridized carbons (Fsp3) is 0.304. The second kappa shape index (κ2) is 8.39. The van der Waals surface area contributed by atoms with E-state index >= 15 is 0 Å². The molecule has 4 rings (SSSR count). The molecule has 0 bridgehead atoms. The second-order valence-electron chi connectivity index (χ2n) is 7.26. The number of carbonyl (C=O) groups excluding carboxylic acids is 2. The molecule has 6 nitrogen and oxygen atoms in total. The Kier molecular flexibility index (Phi) is 5.51. The zero-order chi connectivity index (χ0) is 20.2. The van der Waals surface area contributed by atoms with Gasteiger partial charge in [0.15, 0.2) is 0 Å². The number of ether oxygens (including phenoxy) is 1. The van der Waals surface area contributed by atoms with Crippen LogP contribution in [0.25, 0.3) is 10.9 Å². The van der Waals surface area contributed by atoms with Gasteiger partial charge in [0.1, 0.15) is 11.4 Å². The van der Waals surface area contributed by atoms with Gasteiger partial charge in [-0.2, -0.15) is 0 Å². The molecule has 0 aliphatic carbocycles. The summed E-state index contributed by atoms with van der Waals surface area (Å²) in [5.74, 6) is 0.921. The summed E-state index contributed by atoms with van der Waals surface area (Å²) >= 11 is 0. The first kappa shape index (κ1) is 19.1. The van der Waals surface area contributed by atoms with Crippen molar-refractivity contribution in [2.24, 2.45) is 0 Å². The predicted molar refractivity (Wildman–Crippen MR) is 112 cm³/mol. The molecule has 1 aromatic heterocycles. The quantitative estimate of drug-likeness (QED) is 0.727. The van der Waals surface area contributed by atoms with Gasteiger partial charge in [0.25, 0.3) is 5.91 Å². The van der Waals surface area contributed by atoms with Crippen molar-refractivity contribution >= 4 is 22.7 Å². The Bertz CT molecular complexity index is 986. The summed E-state index contributed by atoms with van der Waals surface area (Å²) < 4.78 is 5.36. The van der Waals surface area contributed by atoms with E-state index in [1.54, 1.807) is 7.11 Å². The molecule has 29 heavy (non-hydrogen) atoms. The highest BCUT2D eigenvalue weighted by molar-refractivity contribution is 5.98. The van der Waals surface area contributed by atoms with Crippen LogP contribution in [0.4, 0.5) is 0 Å². The number of rotatable bonds is 5. The number of para-hydroxylation sites is 2. The van der Waals surface area contributed by atoms with E-state index in [0.717, 1.165) is 22.2 Å². The van der Waals surface area contributed by atoms with Crippen LogP contribution in [0, 0.1) is 0 Å². The zero-order valence-electron chi connectivity index (χ0n) is 16.6. The van der Waals surface area contributed by atoms with E-state index < -0.39 is 0 Å². The van der Waals surface area contributed by atoms with E-state index in [0.29, 0.717) is 44.7 Å². The Morgan fingerprint density at radius 2 is 1.66 bits per heavy atom. The van der Waals surface area contributed by atoms with Crippen LogP contribution in [-0.2, 0) is 11.2 Å². The number of aromatic amines is 1. The van der Waals surface area contributed by atoms with E-state index in [-0.39, 0.29) is 11.8 Å². The number of nitrogens with zero attached hydrogens (tertiary/aromatic N) is 2. The number of aromatic nitrogens is 1. The number of amides is 2. The van der Waals surface area contributed by atoms with E-state index in [1.807, 2.05) is 64.4 Å². The van der Waals surface area contributed by atoms with Gasteiger partial charge in [0.2, 0.25) is 5.91 Å². The molecule has 6 heteroatoms. The number of methoxy groups -OCH3 is 1. The van der Waals surface area contributed by atoms with Crippen molar-refractivity contribution in [3.63, 3.8) is 0 Å². The monoisotopic (exact) mass is 391 g/mol. The fourth-order valence-corrected chi connectivity index (χ4v) is 3.83. The predicted octanol–water partition coefficient (Wildman–Crippen LogP) is 3.09. The summed E-state index contributed by atoms with van der Waals surface area (Å²) in [6.45, 7) is 2.23. The Morgan fingerprint density at radius 1 is 0.966 bits per heavy atom. The minimum Gasteiger partial charge on any atom is -0.496 e. The highest BCUT2D eigenvalue weighted by Gasteiger charge is 2.25. The summed E-state index contributed by atoms with van der Waals surface area (Å²) in [4.78, 5) is 32.3. The number of fused-ring (bicyclic) bond motifs is 1. The van der Waals surface area contributed by atoms with Crippen molar-refractivity contribution in [1.82, 2.24) is 14.8 Å². The molecule has 1 saturated heterocycles. The molecule has 0 atom stereocenters. The maximum Gasteiger partial charge on any atom is 0.270 e. The summed E-state index contributed by atoms with van der Waals surface area (Å²) in [6, 6.07) is 17.5. The van der Waals surface area contributed by atoms with Gasteiger partial charge in [-0.05, 0) is 30.2 Å². The van der Waals surface area contributed by atoms with Gasteiger partial charge in [-0.1, -0.05) is 36.4 Å². The highest BCUT2D eigenvalue weighted by Crippen LogP contribution is 2.20. The number of H-pyrrole nitrogens is 1. The van der Waals surface area contributed by atoms with E-state index in [4.69, 9.17) is 4.74 Å². The van der Waals surface area contributed by atoms with Crippen LogP contribution in [0.1, 0.15) is 22.5 Å². The molecule has 0 radical (unpaired) electrons. The molecule has 0 unspecified atom stereocenters. The lowest BCUT2D eigenvalue weighted by molar-refractivity contribution is -0.132. The van der Waals surface area contributed by atoms with Gasteiger partial charge in [-0.25, -0.2) is 0 Å². The first-order chi connectivity index (χ1) is 14.2. The molecule has 0 saturated carbocycles. The van der Waals surface area contributed by atoms with E-state index in [9.17, 15) is 9.59 Å². The van der Waals surface area contributed by atoms with Crippen molar-refractivity contribution in [1.29, 1.82) is 0 Å². The third kappa shape index (κ3) is 4.11. The number of piperazine rings is 1. The van der Waals surface area contributed by atoms with Crippen molar-refractivity contribution in [2.45, 2.75) is 12.8 Å². The summed E-state index contributed by atoms with van der Waals surface area (Å²) in [5.41, 5.74) is 2.60. The minimum absolute atomic E-state index is 0.0117. The van der Waals surface area contributed by atoms with Gasteiger partial charge in [-0.15, -0.1) is 0 Å². The van der Waals surface area contributed by atoms with Gasteiger partial charge >= 0.3 is 0 Å². The van der Waals surface area contributed by atoms with Crippen LogP contribution < -0.4 is 4.74 Å². The van der Waals surface area contributed by atoms with Crippen molar-refractivity contribution in [2.75, 3.05) is 33.3 Å². The summed E-state index contributed by atoms with van der Waals surface area (Å²) in [5, 5.41) is 1.03. The molecule has 150 valence electrons. The highest BCUT2D eigenvalue weighted by atomic mass is 16.5. The number of hydrogen-bond donors (Lipinski definition) is 1. The summed E-state index contributed by atoms with van der Waals surface area (Å²) in [7, 11) is 1.64. The van der Waals surface area contributed by atoms with E-state index in [1.165, 1.54) is 0 Å². The molecule has 1 aliphatic rings. The van der Waals surface area contributed by atoms with Crippen molar-refractivity contribution in [3.05, 3.63) is 65.9 Å². The van der Waals surface area contributed by atoms with Crippen LogP contribution in [0.3, 0.4) is 0 Å². The van der Waals surface area contributed by atoms with Crippen LogP contribution in [-0.4, -0.2) is 59.9 Å². The lowest BCUT2D eigenvalue weighted by Gasteiger charge is -2.34. The van der Waals surface area contributed by atoms with Gasteiger partial charge < -0.3 is 19.5 Å². The third-order valence-corrected chi connectivity index (χ3v) is 5.48. The van der Waals surface area contributed by atoms with Gasteiger partial charge in [-0.3, -0.25) is 9.59 Å². The normalized spacial score (nSPS) is 14.2. The van der Waals surface area contributed by atoms with Gasteiger partial charge in [0, 0.05) is 43.5 Å². The van der Waals surface area contributed by atoms with Gasteiger partial charge in [0.05, 0.1) is 7.11 Å². The van der Waals surface area contributed by atoms with Crippen molar-refractivity contribution < 1.29 is 14.3 Å². The van der Waals surface area contributed by atoms with Crippen LogP contribution >= 0.6 is 0 Å². The molecule has 0 spiro atoms. The Hall–Kier alpha value is -3.28. The lowest BCUT2D eigenvalue weighted by Crippen LogP contribution is -2.50. The molecule has 1 N–H and O–H groups in total. The average Bonchev–Trinajstić information content (AvgIpc) is 3.21. The lowest BCUT2D eigenvalue weighted by atomic mass is 10.1. The van der Waals surface area contributed by atoms with Crippen LogP contribution in [0.2, 0.25) is 0 Å². The number of nitrogens with one attached hydrogen (secondary N) is 1. The molecular weight excluding hydrogens is 366 g/mol. The minimum atomic E-state index is -0.0117. The number of aryl methyl sites for hydroxylation is 1. The standard InChI is InChI=1S/C23H25N3O3/c1-29-21-9-5-3-6-17(21)10-11-22(27)25-12-14-26(15-13-25)23(28)20-16-18-7-2-4-8-19(18)24-20/h2-9,16,24H,10-15H2,1H3. The maximum atomic E-state index is 12.8. The molecular formula is C23H25N3O3. The molecule has 3 aromatic rings. The van der Waals surface area contributed by atoms with Crippen LogP contribution in [0.15, 0.2) is 54.6 Å².